The van der Waals surface area contributed by atoms with Gasteiger partial charge >= 0.3 is 12.3 Å². The molecule has 25 heavy (non-hydrogen) atoms. The number of amides is 1. The Bertz CT molecular complexity index is 707. The molecule has 1 saturated heterocycles. The SMILES string of the molecule is O=C(OCc1ccccc1)N1CCC(c2ccsc2C(F)(F)F)CC1. The number of nitrogens with zero attached hydrogens (tertiary/aromatic N) is 1. The average molecular weight is 369 g/mol. The highest BCUT2D eigenvalue weighted by molar-refractivity contribution is 7.10. The summed E-state index contributed by atoms with van der Waals surface area (Å²) in [5.41, 5.74) is 1.26. The molecule has 0 atom stereocenters. The van der Waals surface area contributed by atoms with Crippen molar-refractivity contribution in [3.8, 4) is 0 Å². The minimum atomic E-state index is -4.31. The standard InChI is InChI=1S/C18H18F3NO2S/c19-18(20,21)16-15(8-11-25-16)14-6-9-22(10-7-14)17(23)24-12-13-4-2-1-3-5-13/h1-5,8,11,14H,6-7,9-10,12H2. The predicted molar refractivity (Wildman–Crippen MR) is 89.5 cm³/mol. The van der Waals surface area contributed by atoms with Gasteiger partial charge in [-0.2, -0.15) is 13.2 Å². The van der Waals surface area contributed by atoms with Crippen molar-refractivity contribution in [2.45, 2.75) is 31.5 Å². The van der Waals surface area contributed by atoms with Crippen LogP contribution in [-0.4, -0.2) is 24.1 Å². The molecule has 0 unspecified atom stereocenters. The lowest BCUT2D eigenvalue weighted by atomic mass is 9.90. The van der Waals surface area contributed by atoms with Gasteiger partial charge in [-0.3, -0.25) is 0 Å². The van der Waals surface area contributed by atoms with E-state index in [0.717, 1.165) is 16.9 Å². The van der Waals surface area contributed by atoms with Crippen molar-refractivity contribution >= 4 is 17.4 Å². The van der Waals surface area contributed by atoms with Crippen LogP contribution in [0.5, 0.6) is 0 Å². The summed E-state index contributed by atoms with van der Waals surface area (Å²) in [5, 5.41) is 1.48. The molecule has 1 aliphatic heterocycles. The second kappa shape index (κ2) is 7.47. The Morgan fingerprint density at radius 1 is 1.16 bits per heavy atom. The highest BCUT2D eigenvalue weighted by Crippen LogP contribution is 2.41. The van der Waals surface area contributed by atoms with Crippen molar-refractivity contribution in [1.82, 2.24) is 4.90 Å². The maximum Gasteiger partial charge on any atom is 0.425 e. The van der Waals surface area contributed by atoms with Crippen molar-refractivity contribution in [3.05, 3.63) is 57.8 Å². The monoisotopic (exact) mass is 369 g/mol. The number of piperidine rings is 1. The first kappa shape index (κ1) is 17.8. The Hall–Kier alpha value is -2.02. The third kappa shape index (κ3) is 4.34. The number of thiophene rings is 1. The van der Waals surface area contributed by atoms with Gasteiger partial charge in [0.25, 0.3) is 0 Å². The van der Waals surface area contributed by atoms with Crippen molar-refractivity contribution < 1.29 is 22.7 Å². The molecule has 0 bridgehead atoms. The normalized spacial score (nSPS) is 16.0. The molecular formula is C18H18F3NO2S. The average Bonchev–Trinajstić information content (AvgIpc) is 3.11. The highest BCUT2D eigenvalue weighted by Gasteiger charge is 2.37. The summed E-state index contributed by atoms with van der Waals surface area (Å²) in [7, 11) is 0. The van der Waals surface area contributed by atoms with E-state index in [-0.39, 0.29) is 12.5 Å². The summed E-state index contributed by atoms with van der Waals surface area (Å²) in [5.74, 6) is -0.166. The zero-order chi connectivity index (χ0) is 17.9. The van der Waals surface area contributed by atoms with Gasteiger partial charge in [-0.15, -0.1) is 11.3 Å². The quantitative estimate of drug-likeness (QED) is 0.736. The molecule has 1 amide bonds. The number of rotatable bonds is 3. The van der Waals surface area contributed by atoms with Crippen LogP contribution in [0.15, 0.2) is 41.8 Å². The molecule has 0 N–H and O–H groups in total. The number of hydrogen-bond donors (Lipinski definition) is 0. The molecule has 0 saturated carbocycles. The van der Waals surface area contributed by atoms with E-state index in [0.29, 0.717) is 31.5 Å². The maximum atomic E-state index is 13.0. The molecule has 7 heteroatoms. The number of benzene rings is 1. The molecule has 134 valence electrons. The summed E-state index contributed by atoms with van der Waals surface area (Å²) in [6.45, 7) is 1.01. The van der Waals surface area contributed by atoms with Gasteiger partial charge in [0.15, 0.2) is 0 Å². The van der Waals surface area contributed by atoms with Crippen LogP contribution >= 0.6 is 11.3 Å². The van der Waals surface area contributed by atoms with E-state index in [1.165, 1.54) is 5.38 Å². The van der Waals surface area contributed by atoms with E-state index in [4.69, 9.17) is 4.74 Å². The Kier molecular flexibility index (Phi) is 5.32. The molecule has 0 spiro atoms. The molecule has 0 radical (unpaired) electrons. The van der Waals surface area contributed by atoms with E-state index in [1.54, 1.807) is 11.0 Å². The van der Waals surface area contributed by atoms with Crippen LogP contribution in [-0.2, 0) is 17.5 Å². The first-order valence-corrected chi connectivity index (χ1v) is 8.93. The van der Waals surface area contributed by atoms with Crippen molar-refractivity contribution in [1.29, 1.82) is 0 Å². The number of alkyl halides is 3. The van der Waals surface area contributed by atoms with Gasteiger partial charge in [0.1, 0.15) is 11.5 Å². The van der Waals surface area contributed by atoms with Crippen LogP contribution in [0.1, 0.15) is 34.8 Å². The lowest BCUT2D eigenvalue weighted by Crippen LogP contribution is -2.38. The number of carbonyl (C=O) groups is 1. The lowest BCUT2D eigenvalue weighted by molar-refractivity contribution is -0.135. The Morgan fingerprint density at radius 2 is 1.84 bits per heavy atom. The van der Waals surface area contributed by atoms with Crippen molar-refractivity contribution in [3.63, 3.8) is 0 Å². The third-order valence-electron chi connectivity index (χ3n) is 4.35. The van der Waals surface area contributed by atoms with E-state index in [1.807, 2.05) is 30.3 Å². The molecule has 0 aliphatic carbocycles. The van der Waals surface area contributed by atoms with Crippen LogP contribution in [0.4, 0.5) is 18.0 Å². The fourth-order valence-corrected chi connectivity index (χ4v) is 3.91. The molecule has 1 aromatic heterocycles. The largest absolute Gasteiger partial charge is 0.445 e. The predicted octanol–water partition coefficient (Wildman–Crippen LogP) is 5.28. The first-order valence-electron chi connectivity index (χ1n) is 8.05. The topological polar surface area (TPSA) is 29.5 Å². The fraction of sp³-hybridized carbons (Fsp3) is 0.389. The molecular weight excluding hydrogens is 351 g/mol. The fourth-order valence-electron chi connectivity index (χ4n) is 3.05. The smallest absolute Gasteiger partial charge is 0.425 e. The van der Waals surface area contributed by atoms with Gasteiger partial charge in [-0.05, 0) is 41.3 Å². The first-order chi connectivity index (χ1) is 11.9. The van der Waals surface area contributed by atoms with Crippen molar-refractivity contribution in [2.75, 3.05) is 13.1 Å². The van der Waals surface area contributed by atoms with Crippen molar-refractivity contribution in [2.24, 2.45) is 0 Å². The molecule has 3 rings (SSSR count). The number of ether oxygens (including phenoxy) is 1. The zero-order valence-corrected chi connectivity index (χ0v) is 14.3. The number of likely N-dealkylation sites (tertiary alicyclic amines) is 1. The lowest BCUT2D eigenvalue weighted by Gasteiger charge is -2.31. The number of carbonyl (C=O) groups excluding carboxylic acids is 1. The third-order valence-corrected chi connectivity index (χ3v) is 5.33. The van der Waals surface area contributed by atoms with E-state index in [9.17, 15) is 18.0 Å². The van der Waals surface area contributed by atoms with Crippen LogP contribution in [0.25, 0.3) is 0 Å². The highest BCUT2D eigenvalue weighted by atomic mass is 32.1. The summed E-state index contributed by atoms with van der Waals surface area (Å²) in [6.07, 6.45) is -3.70. The molecule has 1 fully saturated rings. The summed E-state index contributed by atoms with van der Waals surface area (Å²) >= 11 is 0.733. The maximum absolute atomic E-state index is 13.0. The summed E-state index contributed by atoms with van der Waals surface area (Å²) in [6, 6.07) is 10.9. The summed E-state index contributed by atoms with van der Waals surface area (Å²) < 4.78 is 44.4. The van der Waals surface area contributed by atoms with E-state index < -0.39 is 17.1 Å². The second-order valence-corrected chi connectivity index (χ2v) is 6.92. The van der Waals surface area contributed by atoms with Crippen LogP contribution in [0.2, 0.25) is 0 Å². The van der Waals surface area contributed by atoms with E-state index >= 15 is 0 Å². The van der Waals surface area contributed by atoms with Crippen LogP contribution < -0.4 is 0 Å². The van der Waals surface area contributed by atoms with Crippen LogP contribution in [0, 0.1) is 0 Å². The molecule has 2 aromatic rings. The number of halogens is 3. The Balaban J connectivity index is 1.53. The molecule has 1 aliphatic rings. The second-order valence-electron chi connectivity index (χ2n) is 6.00. The molecule has 2 heterocycles. The summed E-state index contributed by atoms with van der Waals surface area (Å²) in [4.78, 5) is 13.2. The van der Waals surface area contributed by atoms with Gasteiger partial charge < -0.3 is 9.64 Å². The minimum Gasteiger partial charge on any atom is -0.445 e. The van der Waals surface area contributed by atoms with Gasteiger partial charge in [0.05, 0.1) is 0 Å². The van der Waals surface area contributed by atoms with Crippen LogP contribution in [0.3, 0.4) is 0 Å². The van der Waals surface area contributed by atoms with Gasteiger partial charge in [-0.25, -0.2) is 4.79 Å². The van der Waals surface area contributed by atoms with E-state index in [2.05, 4.69) is 0 Å². The minimum absolute atomic E-state index is 0.166. The van der Waals surface area contributed by atoms with Gasteiger partial charge in [-0.1, -0.05) is 30.3 Å². The zero-order valence-electron chi connectivity index (χ0n) is 13.5. The Labute approximate surface area is 148 Å². The van der Waals surface area contributed by atoms with Gasteiger partial charge in [0, 0.05) is 13.1 Å². The molecule has 1 aromatic carbocycles. The Morgan fingerprint density at radius 3 is 2.48 bits per heavy atom. The number of hydrogen-bond acceptors (Lipinski definition) is 3. The van der Waals surface area contributed by atoms with Gasteiger partial charge in [0.2, 0.25) is 0 Å². The molecule has 3 nitrogen and oxygen atoms in total.